The van der Waals surface area contributed by atoms with Crippen molar-refractivity contribution in [3.8, 4) is 0 Å². The Morgan fingerprint density at radius 1 is 0.402 bits per heavy atom. The summed E-state index contributed by atoms with van der Waals surface area (Å²) in [5.74, 6) is -3.45. The Bertz CT molecular complexity index is 4310. The van der Waals surface area contributed by atoms with Gasteiger partial charge in [0.25, 0.3) is 0 Å². The standard InChI is InChI=1S/C81H103Cl6N9O18S3/c1-94-49-68(65-43-58(82)46-74(85)71(65)52-94)55-8-4-12-62(40-55)115(103,104)90-25-31-112-35-34-109-28-7-11-61(97)17-20-81(93-79(100)15-16-80(101)102,21-18-77(98)88-23-29-110-36-38-113-32-26-91-116(105,106)63-13-5-9-56(41-63)69-50-95(2)53-72-66(69)44-59(83)47-75(72)86)22-19-78(99)89-24-30-111-37-39-114-33-27-92-117(107,108)64-14-6-10-57(42-64)70-51-96(3)54-73-67(70)45-60(84)48-76(73)87/h4-6,8-10,12-14,40-48,68-70,90-92H,7,11,15-39,49-54H2,1-3H3,(H,88,98)(H,89,99)(H,93,100)(H,101,102)/t68-,69-,70-/m0/s1. The summed E-state index contributed by atoms with van der Waals surface area (Å²) in [6.07, 6.45) is -1.09. The summed E-state index contributed by atoms with van der Waals surface area (Å²) < 4.78 is 122. The van der Waals surface area contributed by atoms with Crippen molar-refractivity contribution >= 4 is 129 Å². The molecule has 0 bridgehead atoms. The van der Waals surface area contributed by atoms with Crippen LogP contribution in [0.3, 0.4) is 0 Å². The Hall–Kier alpha value is -6.02. The molecule has 9 rings (SSSR count). The van der Waals surface area contributed by atoms with Crippen LogP contribution in [0.15, 0.2) is 124 Å². The van der Waals surface area contributed by atoms with Crippen molar-refractivity contribution in [2.24, 2.45) is 0 Å². The maximum atomic E-state index is 13.6. The molecule has 27 nitrogen and oxygen atoms in total. The van der Waals surface area contributed by atoms with E-state index in [2.05, 4.69) is 44.8 Å². The molecule has 117 heavy (non-hydrogen) atoms. The highest BCUT2D eigenvalue weighted by molar-refractivity contribution is 7.90. The molecule has 0 fully saturated rings. The number of Topliss-reactive ketones (excluding diaryl/α,β-unsaturated/α-hetero) is 1. The zero-order valence-electron chi connectivity index (χ0n) is 65.7. The van der Waals surface area contributed by atoms with E-state index < -0.39 is 72.1 Å². The SMILES string of the molecule is CN1Cc2c(Cl)cc(Cl)cc2[C@H](c2cccc(S(=O)(=O)NCCOCCOCCCC(=O)CCC(CCC(=O)NCCOCCOCCNS(=O)(=O)c3cccc([C@@H]4CN(C)Cc5c(Cl)cc(Cl)cc54)c3)(CCC(=O)NCCOCCOCCNS(=O)(=O)c3cccc([C@@H]4CN(C)Cc5c(Cl)cc(Cl)cc54)c3)NC(=O)CCC(=O)O)c2)C1. The van der Waals surface area contributed by atoms with E-state index in [-0.39, 0.29) is 195 Å². The Morgan fingerprint density at radius 3 is 1.07 bits per heavy atom. The molecule has 3 aliphatic heterocycles. The average Bonchev–Trinajstić information content (AvgIpc) is 0.781. The molecular formula is C81H103Cl6N9O18S3. The number of carboxylic acid groups (broad SMARTS) is 1. The van der Waals surface area contributed by atoms with Crippen LogP contribution < -0.4 is 30.1 Å². The van der Waals surface area contributed by atoms with Crippen molar-refractivity contribution in [1.29, 1.82) is 0 Å². The maximum absolute atomic E-state index is 13.6. The third-order valence-electron chi connectivity index (χ3n) is 20.3. The largest absolute Gasteiger partial charge is 0.481 e. The third kappa shape index (κ3) is 29.6. The number of rotatable bonds is 50. The third-order valence-corrected chi connectivity index (χ3v) is 26.4. The summed E-state index contributed by atoms with van der Waals surface area (Å²) in [4.78, 5) is 72.6. The highest BCUT2D eigenvalue weighted by Crippen LogP contribution is 2.43. The number of aliphatic carboxylic acids is 1. The van der Waals surface area contributed by atoms with Gasteiger partial charge in [-0.15, -0.1) is 0 Å². The Morgan fingerprint density at radius 2 is 0.726 bits per heavy atom. The lowest BCUT2D eigenvalue weighted by atomic mass is 9.82. The molecule has 7 N–H and O–H groups in total. The lowest BCUT2D eigenvalue weighted by molar-refractivity contribution is -0.139. The second kappa shape index (κ2) is 46.3. The molecule has 3 heterocycles. The van der Waals surface area contributed by atoms with E-state index in [1.807, 2.05) is 57.5 Å². The van der Waals surface area contributed by atoms with E-state index in [1.54, 1.807) is 54.6 Å². The fourth-order valence-corrected chi connectivity index (χ4v) is 19.4. The number of nitrogens with one attached hydrogen (secondary N) is 6. The van der Waals surface area contributed by atoms with E-state index in [4.69, 9.17) is 98.0 Å². The zero-order chi connectivity index (χ0) is 84.3. The van der Waals surface area contributed by atoms with Crippen molar-refractivity contribution in [2.45, 2.75) is 122 Å². The summed E-state index contributed by atoms with van der Waals surface area (Å²) >= 11 is 38.9. The molecule has 6 aromatic carbocycles. The number of carboxylic acids is 1. The van der Waals surface area contributed by atoms with Gasteiger partial charge in [0, 0.05) is 164 Å². The Labute approximate surface area is 715 Å². The molecule has 0 aromatic heterocycles. The van der Waals surface area contributed by atoms with Gasteiger partial charge in [-0.05, 0) is 170 Å². The highest BCUT2D eigenvalue weighted by Gasteiger charge is 2.36. The van der Waals surface area contributed by atoms with Crippen molar-refractivity contribution in [3.63, 3.8) is 0 Å². The fraction of sp³-hybridized carbons (Fsp3) is 0.494. The van der Waals surface area contributed by atoms with Crippen LogP contribution in [0.4, 0.5) is 0 Å². The van der Waals surface area contributed by atoms with Gasteiger partial charge in [0.2, 0.25) is 47.8 Å². The van der Waals surface area contributed by atoms with Gasteiger partial charge < -0.3 is 64.2 Å². The molecule has 6 aromatic rings. The second-order valence-electron chi connectivity index (χ2n) is 29.3. The predicted octanol–water partition coefficient (Wildman–Crippen LogP) is 10.3. The lowest BCUT2D eigenvalue weighted by Gasteiger charge is -2.35. The van der Waals surface area contributed by atoms with Crippen molar-refractivity contribution in [2.75, 3.05) is 153 Å². The molecule has 0 spiro atoms. The van der Waals surface area contributed by atoms with E-state index in [1.165, 1.54) is 18.2 Å². The monoisotopic (exact) mass is 1800 g/mol. The Kier molecular flexibility index (Phi) is 37.5. The summed E-state index contributed by atoms with van der Waals surface area (Å²) in [6.45, 7) is 5.10. The Balaban J connectivity index is 0.704. The first kappa shape index (κ1) is 94.8. The number of sulfonamides is 3. The van der Waals surface area contributed by atoms with E-state index in [9.17, 15) is 54.3 Å². The number of carbonyl (C=O) groups is 5. The summed E-state index contributed by atoms with van der Waals surface area (Å²) in [5.41, 5.74) is 6.73. The summed E-state index contributed by atoms with van der Waals surface area (Å²) in [6, 6.07) is 31.0. The lowest BCUT2D eigenvalue weighted by Crippen LogP contribution is -2.50. The molecular weight excluding hydrogens is 1700 g/mol. The molecule has 3 aliphatic rings. The van der Waals surface area contributed by atoms with Crippen LogP contribution in [-0.4, -0.2) is 233 Å². The first-order valence-corrected chi connectivity index (χ1v) is 45.4. The number of ketones is 1. The smallest absolute Gasteiger partial charge is 0.303 e. The fourth-order valence-electron chi connectivity index (χ4n) is 14.5. The van der Waals surface area contributed by atoms with Crippen molar-refractivity contribution in [1.82, 2.24) is 44.8 Å². The quantitative estimate of drug-likeness (QED) is 0.0175. The number of ether oxygens (including phenoxy) is 6. The van der Waals surface area contributed by atoms with Crippen LogP contribution in [0.1, 0.15) is 132 Å². The van der Waals surface area contributed by atoms with Crippen molar-refractivity contribution < 1.29 is 82.8 Å². The number of benzene rings is 6. The maximum Gasteiger partial charge on any atom is 0.303 e. The first-order chi connectivity index (χ1) is 55.9. The van der Waals surface area contributed by atoms with Crippen LogP contribution in [0.5, 0.6) is 0 Å². The van der Waals surface area contributed by atoms with Gasteiger partial charge in [-0.2, -0.15) is 0 Å². The van der Waals surface area contributed by atoms with E-state index in [0.29, 0.717) is 75.8 Å². The molecule has 0 unspecified atom stereocenters. The molecule has 3 amide bonds. The minimum Gasteiger partial charge on any atom is -0.481 e. The van der Waals surface area contributed by atoms with Gasteiger partial charge in [-0.25, -0.2) is 39.4 Å². The summed E-state index contributed by atoms with van der Waals surface area (Å²) in [7, 11) is -5.83. The van der Waals surface area contributed by atoms with E-state index >= 15 is 0 Å². The number of nitrogens with zero attached hydrogens (tertiary/aromatic N) is 3. The van der Waals surface area contributed by atoms with Gasteiger partial charge in [0.1, 0.15) is 5.78 Å². The van der Waals surface area contributed by atoms with Gasteiger partial charge in [-0.1, -0.05) is 106 Å². The molecule has 640 valence electrons. The topological polar surface area (TPSA) is 345 Å². The molecule has 0 saturated carbocycles. The number of hydrogen-bond donors (Lipinski definition) is 7. The van der Waals surface area contributed by atoms with Gasteiger partial charge in [0.05, 0.1) is 93.8 Å². The first-order valence-electron chi connectivity index (χ1n) is 38.7. The average molecular weight is 1800 g/mol. The minimum absolute atomic E-state index is 0.0115. The number of carbonyl (C=O) groups excluding carboxylic acids is 4. The van der Waals surface area contributed by atoms with Crippen LogP contribution in [-0.2, 0) is 102 Å². The van der Waals surface area contributed by atoms with Crippen LogP contribution in [0.2, 0.25) is 30.1 Å². The number of fused-ring (bicyclic) bond motifs is 3. The van der Waals surface area contributed by atoms with Crippen LogP contribution in [0, 0.1) is 0 Å². The van der Waals surface area contributed by atoms with E-state index in [0.717, 1.165) is 50.1 Å². The molecule has 36 heteroatoms. The van der Waals surface area contributed by atoms with Crippen LogP contribution in [0.25, 0.3) is 0 Å². The minimum atomic E-state index is -3.92. The second-order valence-corrected chi connectivity index (χ2v) is 37.1. The summed E-state index contributed by atoms with van der Waals surface area (Å²) in [5, 5.41) is 21.1. The highest BCUT2D eigenvalue weighted by atomic mass is 35.5. The van der Waals surface area contributed by atoms with Crippen molar-refractivity contribution in [3.05, 3.63) is 189 Å². The normalized spacial score (nSPS) is 16.1. The predicted molar refractivity (Wildman–Crippen MR) is 449 cm³/mol. The zero-order valence-corrected chi connectivity index (χ0v) is 72.7. The van der Waals surface area contributed by atoms with Gasteiger partial charge in [0.15, 0.2) is 0 Å². The molecule has 0 radical (unpaired) electrons. The van der Waals surface area contributed by atoms with Crippen LogP contribution >= 0.6 is 69.6 Å². The van der Waals surface area contributed by atoms with Gasteiger partial charge >= 0.3 is 5.97 Å². The number of likely N-dealkylation sites (N-methyl/N-ethyl adjacent to an activating group) is 3. The van der Waals surface area contributed by atoms with Gasteiger partial charge in [-0.3, -0.25) is 24.0 Å². The molecule has 0 aliphatic carbocycles. The molecule has 0 saturated heterocycles. The number of halogens is 6. The number of hydrogen-bond acceptors (Lipinski definition) is 20. The number of amides is 3. The molecule has 3 atom stereocenters.